The summed E-state index contributed by atoms with van der Waals surface area (Å²) in [4.78, 5) is 22.1. The fourth-order valence-electron chi connectivity index (χ4n) is 3.17. The molecular weight excluding hydrogens is 435 g/mol. The van der Waals surface area contributed by atoms with Crippen molar-refractivity contribution in [3.8, 4) is 0 Å². The van der Waals surface area contributed by atoms with Gasteiger partial charge in [-0.15, -0.1) is 0 Å². The summed E-state index contributed by atoms with van der Waals surface area (Å²) in [5.41, 5.74) is 1.20. The Morgan fingerprint density at radius 3 is 2.03 bits per heavy atom. The number of aliphatic hydroxyl groups is 2. The molecule has 0 amide bonds. The summed E-state index contributed by atoms with van der Waals surface area (Å²) in [6.45, 7) is 8.80. The molecule has 30 heavy (non-hydrogen) atoms. The second-order valence-electron chi connectivity index (χ2n) is 7.73. The Bertz CT molecular complexity index is 660. The van der Waals surface area contributed by atoms with Crippen molar-refractivity contribution in [1.82, 2.24) is 10.2 Å². The van der Waals surface area contributed by atoms with Gasteiger partial charge in [0.05, 0.1) is 0 Å². The molecule has 0 bridgehead atoms. The van der Waals surface area contributed by atoms with Gasteiger partial charge in [-0.1, -0.05) is 37.0 Å². The number of carboxylic acid groups (broad SMARTS) is 2. The van der Waals surface area contributed by atoms with Gasteiger partial charge in [-0.3, -0.25) is 4.90 Å². The van der Waals surface area contributed by atoms with E-state index in [0.29, 0.717) is 12.0 Å². The number of hydrogen-bond acceptors (Lipinski definition) is 6. The summed E-state index contributed by atoms with van der Waals surface area (Å²) in [5, 5.41) is 37.5. The molecule has 1 aliphatic heterocycles. The van der Waals surface area contributed by atoms with E-state index in [1.807, 2.05) is 12.1 Å². The van der Waals surface area contributed by atoms with Gasteiger partial charge in [-0.05, 0) is 49.1 Å². The van der Waals surface area contributed by atoms with Crippen molar-refractivity contribution in [2.75, 3.05) is 19.6 Å². The van der Waals surface area contributed by atoms with Crippen molar-refractivity contribution in [2.24, 2.45) is 5.92 Å². The van der Waals surface area contributed by atoms with Crippen LogP contribution in [-0.4, -0.2) is 75.1 Å². The molecule has 10 heteroatoms. The number of nitrogens with one attached hydrogen (secondary N) is 1. The lowest BCUT2D eigenvalue weighted by Gasteiger charge is -2.27. The molecule has 1 aliphatic rings. The molecule has 0 saturated carbocycles. The Morgan fingerprint density at radius 1 is 1.10 bits per heavy atom. The van der Waals surface area contributed by atoms with Gasteiger partial charge in [0.1, 0.15) is 0 Å². The van der Waals surface area contributed by atoms with E-state index in [4.69, 9.17) is 43.6 Å². The molecule has 2 rings (SSSR count). The Balaban J connectivity index is 0.000000382. The van der Waals surface area contributed by atoms with Crippen LogP contribution >= 0.6 is 23.2 Å². The minimum atomic E-state index is -2.27. The molecule has 1 aromatic rings. The average Bonchev–Trinajstić information content (AvgIpc) is 3.12. The van der Waals surface area contributed by atoms with Crippen molar-refractivity contribution in [1.29, 1.82) is 0 Å². The number of aliphatic carboxylic acids is 2. The van der Waals surface area contributed by atoms with E-state index in [0.717, 1.165) is 36.2 Å². The van der Waals surface area contributed by atoms with Gasteiger partial charge in [-0.2, -0.15) is 0 Å². The van der Waals surface area contributed by atoms with Crippen LogP contribution in [-0.2, 0) is 16.1 Å². The largest absolute Gasteiger partial charge is 0.479 e. The van der Waals surface area contributed by atoms with Crippen LogP contribution in [0.3, 0.4) is 0 Å². The quantitative estimate of drug-likeness (QED) is 0.375. The smallest absolute Gasteiger partial charge is 0.335 e. The third kappa shape index (κ3) is 10.1. The molecule has 1 heterocycles. The Kier molecular flexibility index (Phi) is 11.6. The van der Waals surface area contributed by atoms with Crippen LogP contribution in [0.5, 0.6) is 0 Å². The fourth-order valence-corrected chi connectivity index (χ4v) is 3.75. The lowest BCUT2D eigenvalue weighted by atomic mass is 10.1. The molecule has 2 unspecified atom stereocenters. The van der Waals surface area contributed by atoms with Crippen LogP contribution in [0.1, 0.15) is 32.3 Å². The molecule has 1 saturated heterocycles. The van der Waals surface area contributed by atoms with Crippen LogP contribution in [0.2, 0.25) is 10.0 Å². The van der Waals surface area contributed by atoms with E-state index < -0.39 is 24.1 Å². The second-order valence-corrected chi connectivity index (χ2v) is 8.60. The number of nitrogens with zero attached hydrogens (tertiary/aromatic N) is 1. The summed E-state index contributed by atoms with van der Waals surface area (Å²) in [5.74, 6) is -2.88. The zero-order chi connectivity index (χ0) is 22.8. The molecular formula is C20H30Cl2N2O6. The number of hydrogen-bond donors (Lipinski definition) is 5. The lowest BCUT2D eigenvalue weighted by Crippen LogP contribution is -2.39. The third-order valence-electron chi connectivity index (χ3n) is 4.40. The molecule has 1 aromatic carbocycles. The van der Waals surface area contributed by atoms with Crippen molar-refractivity contribution in [2.45, 2.75) is 51.5 Å². The molecule has 170 valence electrons. The number of aliphatic hydroxyl groups excluding tert-OH is 2. The molecule has 1 fully saturated rings. The third-order valence-corrected chi connectivity index (χ3v) is 4.83. The molecule has 0 aliphatic carbocycles. The molecule has 8 nitrogen and oxygen atoms in total. The average molecular weight is 465 g/mol. The van der Waals surface area contributed by atoms with Crippen molar-refractivity contribution >= 4 is 35.1 Å². The van der Waals surface area contributed by atoms with Crippen LogP contribution in [0.15, 0.2) is 18.2 Å². The minimum absolute atomic E-state index is 0.628. The Labute approximate surface area is 186 Å². The highest BCUT2D eigenvalue weighted by Gasteiger charge is 2.29. The van der Waals surface area contributed by atoms with E-state index in [-0.39, 0.29) is 0 Å². The highest BCUT2D eigenvalue weighted by molar-refractivity contribution is 6.34. The number of rotatable bonds is 9. The van der Waals surface area contributed by atoms with Crippen LogP contribution in [0.4, 0.5) is 0 Å². The summed E-state index contributed by atoms with van der Waals surface area (Å²) in [6.07, 6.45) is -1.95. The second kappa shape index (κ2) is 13.1. The first-order valence-corrected chi connectivity index (χ1v) is 10.5. The maximum absolute atomic E-state index is 9.77. The maximum Gasteiger partial charge on any atom is 0.335 e. The monoisotopic (exact) mass is 464 g/mol. The molecule has 0 radical (unpaired) electrons. The summed E-state index contributed by atoms with van der Waals surface area (Å²) in [6, 6.07) is 6.45. The number of halogens is 2. The topological polar surface area (TPSA) is 130 Å². The van der Waals surface area contributed by atoms with Crippen LogP contribution < -0.4 is 5.32 Å². The minimum Gasteiger partial charge on any atom is -0.479 e. The Morgan fingerprint density at radius 2 is 1.63 bits per heavy atom. The first kappa shape index (κ1) is 26.6. The summed E-state index contributed by atoms with van der Waals surface area (Å²) >= 11 is 12.2. The summed E-state index contributed by atoms with van der Waals surface area (Å²) < 4.78 is 0. The Hall–Kier alpha value is -1.42. The number of benzene rings is 1. The molecule has 0 aromatic heterocycles. The summed E-state index contributed by atoms with van der Waals surface area (Å²) in [7, 11) is 0. The molecule has 3 atom stereocenters. The normalized spacial score (nSPS) is 18.1. The highest BCUT2D eigenvalue weighted by atomic mass is 35.5. The van der Waals surface area contributed by atoms with Crippen LogP contribution in [0, 0.1) is 5.92 Å². The van der Waals surface area contributed by atoms with Crippen molar-refractivity contribution < 1.29 is 30.0 Å². The van der Waals surface area contributed by atoms with Crippen molar-refractivity contribution in [3.63, 3.8) is 0 Å². The first-order valence-electron chi connectivity index (χ1n) is 9.72. The highest BCUT2D eigenvalue weighted by Crippen LogP contribution is 2.21. The zero-order valence-electron chi connectivity index (χ0n) is 17.1. The fraction of sp³-hybridized carbons (Fsp3) is 0.600. The van der Waals surface area contributed by atoms with Gasteiger partial charge < -0.3 is 25.7 Å². The van der Waals surface area contributed by atoms with Gasteiger partial charge in [0, 0.05) is 35.7 Å². The predicted octanol–water partition coefficient (Wildman–Crippen LogP) is 2.08. The zero-order valence-corrected chi connectivity index (χ0v) is 18.6. The van der Waals surface area contributed by atoms with Gasteiger partial charge in [0.25, 0.3) is 0 Å². The van der Waals surface area contributed by atoms with Gasteiger partial charge >= 0.3 is 11.9 Å². The number of carbonyl (C=O) groups is 2. The lowest BCUT2D eigenvalue weighted by molar-refractivity contribution is -0.165. The van der Waals surface area contributed by atoms with Crippen LogP contribution in [0.25, 0.3) is 0 Å². The molecule has 0 spiro atoms. The van der Waals surface area contributed by atoms with E-state index in [1.54, 1.807) is 6.07 Å². The standard InChI is InChI=1S/C16H24Cl2N2.C4H6O6/c1-12(2)9-20(11-16-4-3-5-19-16)10-13-6-14(17)8-15(18)7-13;5-1(3(7)8)2(6)4(9)10/h6-8,12,16,19H,3-5,9-11H2,1-2H3;1-2,5-6H,(H,7,8)(H,9,10)/t16-;/m0./s1. The molecule has 5 N–H and O–H groups in total. The maximum atomic E-state index is 9.77. The van der Waals surface area contributed by atoms with Gasteiger partial charge in [0.2, 0.25) is 0 Å². The number of carboxylic acids is 2. The predicted molar refractivity (Wildman–Crippen MR) is 115 cm³/mol. The van der Waals surface area contributed by atoms with Gasteiger partial charge in [0.15, 0.2) is 12.2 Å². The van der Waals surface area contributed by atoms with E-state index in [9.17, 15) is 9.59 Å². The van der Waals surface area contributed by atoms with E-state index in [1.165, 1.54) is 18.4 Å². The first-order chi connectivity index (χ1) is 14.0. The van der Waals surface area contributed by atoms with E-state index in [2.05, 4.69) is 24.1 Å². The van der Waals surface area contributed by atoms with E-state index >= 15 is 0 Å². The van der Waals surface area contributed by atoms with Gasteiger partial charge in [-0.25, -0.2) is 9.59 Å². The SMILES string of the molecule is CC(C)CN(Cc1cc(Cl)cc(Cl)c1)C[C@@H]1CCCN1.O=C(O)C(O)C(O)C(=O)O. The van der Waals surface area contributed by atoms with Crippen molar-refractivity contribution in [3.05, 3.63) is 33.8 Å².